The molecule has 0 saturated carbocycles. The highest BCUT2D eigenvalue weighted by molar-refractivity contribution is 6.00. The van der Waals surface area contributed by atoms with E-state index in [1.54, 1.807) is 39.0 Å². The molecule has 0 spiro atoms. The van der Waals surface area contributed by atoms with Crippen LogP contribution in [-0.2, 0) is 14.4 Å². The molecule has 0 aromatic heterocycles. The van der Waals surface area contributed by atoms with Crippen LogP contribution < -0.4 is 15.0 Å². The van der Waals surface area contributed by atoms with Crippen LogP contribution in [0.1, 0.15) is 27.2 Å². The quantitative estimate of drug-likeness (QED) is 0.820. The van der Waals surface area contributed by atoms with E-state index in [4.69, 9.17) is 9.84 Å². The van der Waals surface area contributed by atoms with Crippen LogP contribution in [0.3, 0.4) is 0 Å². The van der Waals surface area contributed by atoms with Crippen LogP contribution in [0.5, 0.6) is 5.75 Å². The number of hydrogen-bond donors (Lipinski definition) is 2. The van der Waals surface area contributed by atoms with E-state index in [1.165, 1.54) is 4.90 Å². The molecule has 1 heterocycles. The Labute approximate surface area is 140 Å². The lowest BCUT2D eigenvalue weighted by molar-refractivity contribution is -0.146. The average molecular weight is 334 g/mol. The van der Waals surface area contributed by atoms with Crippen LogP contribution in [0, 0.1) is 5.41 Å². The molecule has 130 valence electrons. The third-order valence-electron chi connectivity index (χ3n) is 3.94. The molecule has 7 nitrogen and oxygen atoms in total. The van der Waals surface area contributed by atoms with Crippen LogP contribution in [-0.4, -0.2) is 42.1 Å². The van der Waals surface area contributed by atoms with E-state index >= 15 is 0 Å². The van der Waals surface area contributed by atoms with Crippen molar-refractivity contribution in [3.8, 4) is 5.75 Å². The van der Waals surface area contributed by atoms with Crippen molar-refractivity contribution in [3.63, 3.8) is 0 Å². The van der Waals surface area contributed by atoms with E-state index in [2.05, 4.69) is 5.32 Å². The number of carbonyl (C=O) groups excluding carboxylic acids is 2. The van der Waals surface area contributed by atoms with Gasteiger partial charge in [0, 0.05) is 19.5 Å². The van der Waals surface area contributed by atoms with Crippen molar-refractivity contribution < 1.29 is 24.2 Å². The zero-order valence-electron chi connectivity index (χ0n) is 14.0. The Kier molecular flexibility index (Phi) is 5.11. The van der Waals surface area contributed by atoms with Crippen LogP contribution in [0.15, 0.2) is 24.3 Å². The number of amides is 2. The molecular formula is C17H22N2O5. The number of nitrogens with one attached hydrogen (secondary N) is 1. The highest BCUT2D eigenvalue weighted by Crippen LogP contribution is 2.33. The predicted octanol–water partition coefficient (Wildman–Crippen LogP) is 1.42. The minimum absolute atomic E-state index is 0.0330. The monoisotopic (exact) mass is 334 g/mol. The second-order valence-electron chi connectivity index (χ2n) is 6.43. The number of carbonyl (C=O) groups is 3. The Bertz CT molecular complexity index is 656. The standard InChI is InChI=1S/C17H22N2O5/c1-11-15(21)19(12-6-4-5-7-13(12)24-11)9-8-14(20)18-10-17(2,3)16(22)23/h4-7,11H,8-10H2,1-3H3,(H,18,20)(H,22,23). The summed E-state index contributed by atoms with van der Waals surface area (Å²) in [5, 5.41) is 11.6. The lowest BCUT2D eigenvalue weighted by Gasteiger charge is -2.32. The first kappa shape index (κ1) is 17.8. The van der Waals surface area contributed by atoms with Crippen molar-refractivity contribution in [3.05, 3.63) is 24.3 Å². The maximum atomic E-state index is 12.3. The Morgan fingerprint density at radius 3 is 2.67 bits per heavy atom. The van der Waals surface area contributed by atoms with Gasteiger partial charge < -0.3 is 20.1 Å². The fraction of sp³-hybridized carbons (Fsp3) is 0.471. The average Bonchev–Trinajstić information content (AvgIpc) is 2.53. The van der Waals surface area contributed by atoms with E-state index < -0.39 is 17.5 Å². The number of ether oxygens (including phenoxy) is 1. The van der Waals surface area contributed by atoms with E-state index in [0.717, 1.165) is 0 Å². The SMILES string of the molecule is CC1Oc2ccccc2N(CCC(=O)NCC(C)(C)C(=O)O)C1=O. The highest BCUT2D eigenvalue weighted by Gasteiger charge is 2.32. The van der Waals surface area contributed by atoms with Crippen molar-refractivity contribution >= 4 is 23.5 Å². The molecule has 0 fully saturated rings. The largest absolute Gasteiger partial charge is 0.481 e. The lowest BCUT2D eigenvalue weighted by Crippen LogP contribution is -2.46. The number of rotatable bonds is 6. The first-order valence-electron chi connectivity index (χ1n) is 7.79. The highest BCUT2D eigenvalue weighted by atomic mass is 16.5. The van der Waals surface area contributed by atoms with Crippen molar-refractivity contribution in [1.82, 2.24) is 5.32 Å². The Hall–Kier alpha value is -2.57. The van der Waals surface area contributed by atoms with Crippen molar-refractivity contribution in [1.29, 1.82) is 0 Å². The minimum Gasteiger partial charge on any atom is -0.481 e. The van der Waals surface area contributed by atoms with Gasteiger partial charge in [-0.2, -0.15) is 0 Å². The van der Waals surface area contributed by atoms with Crippen LogP contribution in [0.2, 0.25) is 0 Å². The first-order chi connectivity index (χ1) is 11.2. The maximum absolute atomic E-state index is 12.3. The zero-order valence-corrected chi connectivity index (χ0v) is 14.0. The number of aliphatic carboxylic acids is 1. The summed E-state index contributed by atoms with van der Waals surface area (Å²) >= 11 is 0. The molecule has 1 aromatic carbocycles. The summed E-state index contributed by atoms with van der Waals surface area (Å²) in [6.45, 7) is 4.99. The van der Waals surface area contributed by atoms with Gasteiger partial charge in [0.05, 0.1) is 11.1 Å². The molecule has 0 saturated heterocycles. The summed E-state index contributed by atoms with van der Waals surface area (Å²) in [7, 11) is 0. The number of nitrogens with zero attached hydrogens (tertiary/aromatic N) is 1. The summed E-state index contributed by atoms with van der Waals surface area (Å²) in [6, 6.07) is 7.17. The molecule has 7 heteroatoms. The van der Waals surface area contributed by atoms with Gasteiger partial charge >= 0.3 is 5.97 Å². The van der Waals surface area contributed by atoms with E-state index in [9.17, 15) is 14.4 Å². The van der Waals surface area contributed by atoms with Crippen LogP contribution in [0.4, 0.5) is 5.69 Å². The summed E-state index contributed by atoms with van der Waals surface area (Å²) in [5.41, 5.74) is -0.398. The third kappa shape index (κ3) is 3.84. The van der Waals surface area contributed by atoms with Gasteiger partial charge in [-0.05, 0) is 32.9 Å². The second-order valence-corrected chi connectivity index (χ2v) is 6.43. The molecule has 1 aliphatic rings. The molecule has 1 aliphatic heterocycles. The molecular weight excluding hydrogens is 312 g/mol. The molecule has 2 N–H and O–H groups in total. The van der Waals surface area contributed by atoms with Gasteiger partial charge in [-0.25, -0.2) is 0 Å². The molecule has 1 atom stereocenters. The van der Waals surface area contributed by atoms with E-state index in [0.29, 0.717) is 11.4 Å². The summed E-state index contributed by atoms with van der Waals surface area (Å²) in [5.74, 6) is -0.868. The Morgan fingerprint density at radius 2 is 2.00 bits per heavy atom. The van der Waals surface area contributed by atoms with Gasteiger partial charge in [0.25, 0.3) is 5.91 Å². The zero-order chi connectivity index (χ0) is 17.9. The molecule has 24 heavy (non-hydrogen) atoms. The summed E-state index contributed by atoms with van der Waals surface area (Å²) in [4.78, 5) is 36.9. The molecule has 0 radical (unpaired) electrons. The Balaban J connectivity index is 1.97. The van der Waals surface area contributed by atoms with Crippen molar-refractivity contribution in [2.45, 2.75) is 33.3 Å². The van der Waals surface area contributed by atoms with Gasteiger partial charge in [0.2, 0.25) is 5.91 Å². The van der Waals surface area contributed by atoms with Gasteiger partial charge in [-0.15, -0.1) is 0 Å². The maximum Gasteiger partial charge on any atom is 0.310 e. The summed E-state index contributed by atoms with van der Waals surface area (Å²) < 4.78 is 5.54. The van der Waals surface area contributed by atoms with Gasteiger partial charge in [0.15, 0.2) is 6.10 Å². The molecule has 2 amide bonds. The van der Waals surface area contributed by atoms with Gasteiger partial charge in [-0.1, -0.05) is 12.1 Å². The fourth-order valence-corrected chi connectivity index (χ4v) is 2.29. The fourth-order valence-electron chi connectivity index (χ4n) is 2.29. The lowest BCUT2D eigenvalue weighted by atomic mass is 9.94. The number of benzene rings is 1. The molecule has 2 rings (SSSR count). The molecule has 0 aliphatic carbocycles. The third-order valence-corrected chi connectivity index (χ3v) is 3.94. The van der Waals surface area contributed by atoms with E-state index in [1.807, 2.05) is 6.07 Å². The van der Waals surface area contributed by atoms with Crippen LogP contribution >= 0.6 is 0 Å². The Morgan fingerprint density at radius 1 is 1.33 bits per heavy atom. The number of fused-ring (bicyclic) bond motifs is 1. The molecule has 1 unspecified atom stereocenters. The second kappa shape index (κ2) is 6.90. The summed E-state index contributed by atoms with van der Waals surface area (Å²) in [6.07, 6.45) is -0.517. The number of carboxylic acids is 1. The first-order valence-corrected chi connectivity index (χ1v) is 7.79. The van der Waals surface area contributed by atoms with Gasteiger partial charge in [-0.3, -0.25) is 14.4 Å². The van der Waals surface area contributed by atoms with Crippen molar-refractivity contribution in [2.75, 3.05) is 18.0 Å². The number of para-hydroxylation sites is 2. The topological polar surface area (TPSA) is 95.9 Å². The molecule has 0 bridgehead atoms. The predicted molar refractivity (Wildman–Crippen MR) is 87.9 cm³/mol. The normalized spacial score (nSPS) is 17.0. The number of carboxylic acid groups (broad SMARTS) is 1. The molecule has 1 aromatic rings. The van der Waals surface area contributed by atoms with Crippen LogP contribution in [0.25, 0.3) is 0 Å². The van der Waals surface area contributed by atoms with Crippen molar-refractivity contribution in [2.24, 2.45) is 5.41 Å². The minimum atomic E-state index is -1.04. The number of hydrogen-bond acceptors (Lipinski definition) is 4. The van der Waals surface area contributed by atoms with Gasteiger partial charge in [0.1, 0.15) is 5.75 Å². The smallest absolute Gasteiger partial charge is 0.310 e. The van der Waals surface area contributed by atoms with E-state index in [-0.39, 0.29) is 31.3 Å². The number of anilines is 1.